The van der Waals surface area contributed by atoms with Gasteiger partial charge in [-0.3, -0.25) is 4.79 Å². The topological polar surface area (TPSA) is 66.9 Å². The van der Waals surface area contributed by atoms with Gasteiger partial charge in [0.25, 0.3) is 5.91 Å². The predicted octanol–water partition coefficient (Wildman–Crippen LogP) is 3.85. The van der Waals surface area contributed by atoms with Crippen LogP contribution in [0.2, 0.25) is 0 Å². The lowest BCUT2D eigenvalue weighted by atomic mass is 10.1. The minimum Gasteiger partial charge on any atom is -0.483 e. The second-order valence-corrected chi connectivity index (χ2v) is 9.88. The number of aryl methyl sites for hydroxylation is 1. The molecule has 32 heavy (non-hydrogen) atoms. The van der Waals surface area contributed by atoms with Crippen molar-refractivity contribution in [1.82, 2.24) is 9.21 Å². The van der Waals surface area contributed by atoms with Gasteiger partial charge in [-0.05, 0) is 41.8 Å². The molecule has 0 spiro atoms. The third kappa shape index (κ3) is 5.96. The molecule has 6 nitrogen and oxygen atoms in total. The van der Waals surface area contributed by atoms with Crippen LogP contribution in [0.25, 0.3) is 0 Å². The summed E-state index contributed by atoms with van der Waals surface area (Å²) in [5.74, 6) is 0.331. The van der Waals surface area contributed by atoms with Crippen LogP contribution in [-0.2, 0) is 27.9 Å². The molecule has 1 amide bonds. The normalized spacial score (nSPS) is 11.4. The molecule has 0 aliphatic rings. The Labute approximate surface area is 190 Å². The highest BCUT2D eigenvalue weighted by Gasteiger charge is 2.19. The Balaban J connectivity index is 1.73. The van der Waals surface area contributed by atoms with E-state index in [1.165, 1.54) is 20.2 Å². The zero-order valence-electron chi connectivity index (χ0n) is 18.6. The van der Waals surface area contributed by atoms with E-state index in [0.717, 1.165) is 15.4 Å². The van der Waals surface area contributed by atoms with E-state index < -0.39 is 10.0 Å². The average Bonchev–Trinajstić information content (AvgIpc) is 2.79. The van der Waals surface area contributed by atoms with Crippen LogP contribution in [0.5, 0.6) is 5.75 Å². The first kappa shape index (κ1) is 23.5. The summed E-state index contributed by atoms with van der Waals surface area (Å²) in [6.45, 7) is 2.56. The van der Waals surface area contributed by atoms with Crippen LogP contribution in [0, 0.1) is 6.92 Å². The minimum absolute atomic E-state index is 0.139. The van der Waals surface area contributed by atoms with Crippen LogP contribution in [0.3, 0.4) is 0 Å². The summed E-state index contributed by atoms with van der Waals surface area (Å²) in [7, 11) is -0.552. The first-order chi connectivity index (χ1) is 15.3. The summed E-state index contributed by atoms with van der Waals surface area (Å²) in [5, 5.41) is 0. The van der Waals surface area contributed by atoms with E-state index in [1.54, 1.807) is 24.0 Å². The lowest BCUT2D eigenvalue weighted by Crippen LogP contribution is -2.34. The zero-order chi connectivity index (χ0) is 23.1. The molecule has 0 heterocycles. The van der Waals surface area contributed by atoms with Crippen molar-refractivity contribution in [3.63, 3.8) is 0 Å². The van der Waals surface area contributed by atoms with Gasteiger partial charge in [-0.15, -0.1) is 0 Å². The molecule has 3 aromatic rings. The molecule has 0 saturated heterocycles. The van der Waals surface area contributed by atoms with Gasteiger partial charge in [0.2, 0.25) is 10.0 Å². The smallest absolute Gasteiger partial charge is 0.261 e. The maximum atomic E-state index is 13.1. The van der Waals surface area contributed by atoms with Crippen LogP contribution in [0.1, 0.15) is 16.7 Å². The number of hydrogen-bond donors (Lipinski definition) is 0. The summed E-state index contributed by atoms with van der Waals surface area (Å²) in [6, 6.07) is 24.3. The molecule has 0 saturated carbocycles. The van der Waals surface area contributed by atoms with Gasteiger partial charge in [0.05, 0.1) is 4.90 Å². The Morgan fingerprint density at radius 3 is 1.84 bits per heavy atom. The lowest BCUT2D eigenvalue weighted by molar-refractivity contribution is -0.134. The molecular weight excluding hydrogens is 424 g/mol. The molecule has 7 heteroatoms. The van der Waals surface area contributed by atoms with Crippen LogP contribution < -0.4 is 4.74 Å². The highest BCUT2D eigenvalue weighted by Crippen LogP contribution is 2.23. The molecule has 0 aromatic heterocycles. The van der Waals surface area contributed by atoms with E-state index in [9.17, 15) is 13.2 Å². The number of sulfonamides is 1. The summed E-state index contributed by atoms with van der Waals surface area (Å²) in [4.78, 5) is 15.0. The van der Waals surface area contributed by atoms with E-state index in [-0.39, 0.29) is 17.4 Å². The zero-order valence-corrected chi connectivity index (χ0v) is 19.4. The number of rotatable bonds is 9. The maximum absolute atomic E-state index is 13.1. The second kappa shape index (κ2) is 10.4. The summed E-state index contributed by atoms with van der Waals surface area (Å²) in [5.41, 5.74) is 2.72. The van der Waals surface area contributed by atoms with Gasteiger partial charge in [0.15, 0.2) is 6.61 Å². The molecule has 168 valence electrons. The van der Waals surface area contributed by atoms with Gasteiger partial charge in [-0.25, -0.2) is 12.7 Å². The van der Waals surface area contributed by atoms with Crippen molar-refractivity contribution in [2.24, 2.45) is 0 Å². The number of hydrogen-bond acceptors (Lipinski definition) is 4. The van der Waals surface area contributed by atoms with E-state index in [1.807, 2.05) is 60.7 Å². The average molecular weight is 453 g/mol. The van der Waals surface area contributed by atoms with Crippen molar-refractivity contribution in [2.75, 3.05) is 20.7 Å². The first-order valence-corrected chi connectivity index (χ1v) is 11.7. The van der Waals surface area contributed by atoms with Crippen LogP contribution in [0.15, 0.2) is 83.8 Å². The van der Waals surface area contributed by atoms with Gasteiger partial charge in [0.1, 0.15) is 5.75 Å². The number of benzene rings is 3. The predicted molar refractivity (Wildman–Crippen MR) is 125 cm³/mol. The molecule has 0 fully saturated rings. The molecule has 0 bridgehead atoms. The van der Waals surface area contributed by atoms with Crippen LogP contribution >= 0.6 is 0 Å². The first-order valence-electron chi connectivity index (χ1n) is 10.3. The molecule has 3 rings (SSSR count). The van der Waals surface area contributed by atoms with Crippen molar-refractivity contribution < 1.29 is 17.9 Å². The fourth-order valence-corrected chi connectivity index (χ4v) is 4.21. The molecule has 0 atom stereocenters. The Hall–Kier alpha value is -3.16. The highest BCUT2D eigenvalue weighted by molar-refractivity contribution is 7.89. The summed E-state index contributed by atoms with van der Waals surface area (Å²) >= 11 is 0. The summed E-state index contributed by atoms with van der Waals surface area (Å²) in [6.07, 6.45) is 0. The number of carbonyl (C=O) groups is 1. The standard InChI is InChI=1S/C25H28N2O4S/c1-20-16-23(32(29,30)26(2)3)14-15-24(20)31-19-25(28)27(17-21-10-6-4-7-11-21)18-22-12-8-5-9-13-22/h4-16H,17-19H2,1-3H3. The number of ether oxygens (including phenoxy) is 1. The molecule has 3 aromatic carbocycles. The monoisotopic (exact) mass is 452 g/mol. The Bertz CT molecular complexity index is 1110. The van der Waals surface area contributed by atoms with Crippen molar-refractivity contribution in [3.05, 3.63) is 95.6 Å². The second-order valence-electron chi connectivity index (χ2n) is 7.72. The van der Waals surface area contributed by atoms with Gasteiger partial charge >= 0.3 is 0 Å². The molecular formula is C25H28N2O4S. The minimum atomic E-state index is -3.53. The van der Waals surface area contributed by atoms with Crippen LogP contribution in [-0.4, -0.2) is 44.2 Å². The lowest BCUT2D eigenvalue weighted by Gasteiger charge is -2.23. The Morgan fingerprint density at radius 1 is 0.844 bits per heavy atom. The Kier molecular flexibility index (Phi) is 7.66. The van der Waals surface area contributed by atoms with Gasteiger partial charge in [-0.2, -0.15) is 0 Å². The maximum Gasteiger partial charge on any atom is 0.261 e. The van der Waals surface area contributed by atoms with E-state index >= 15 is 0 Å². The fraction of sp³-hybridized carbons (Fsp3) is 0.240. The Morgan fingerprint density at radius 2 is 1.38 bits per heavy atom. The largest absolute Gasteiger partial charge is 0.483 e. The number of amides is 1. The van der Waals surface area contributed by atoms with Crippen molar-refractivity contribution in [3.8, 4) is 5.75 Å². The fourth-order valence-electron chi connectivity index (χ4n) is 3.23. The van der Waals surface area contributed by atoms with E-state index in [2.05, 4.69) is 0 Å². The third-order valence-corrected chi connectivity index (χ3v) is 6.87. The van der Waals surface area contributed by atoms with Gasteiger partial charge < -0.3 is 9.64 Å². The van der Waals surface area contributed by atoms with Crippen molar-refractivity contribution in [1.29, 1.82) is 0 Å². The summed E-state index contributed by atoms with van der Waals surface area (Å²) < 4.78 is 31.6. The third-order valence-electron chi connectivity index (χ3n) is 5.06. The number of carbonyl (C=O) groups excluding carboxylic acids is 1. The molecule has 0 unspecified atom stereocenters. The molecule has 0 aliphatic heterocycles. The van der Waals surface area contributed by atoms with Crippen LogP contribution in [0.4, 0.5) is 0 Å². The quantitative estimate of drug-likeness (QED) is 0.495. The molecule has 0 aliphatic carbocycles. The van der Waals surface area contributed by atoms with Gasteiger partial charge in [-0.1, -0.05) is 60.7 Å². The molecule has 0 radical (unpaired) electrons. The van der Waals surface area contributed by atoms with E-state index in [0.29, 0.717) is 24.4 Å². The SMILES string of the molecule is Cc1cc(S(=O)(=O)N(C)C)ccc1OCC(=O)N(Cc1ccccc1)Cc1ccccc1. The van der Waals surface area contributed by atoms with Gasteiger partial charge in [0, 0.05) is 27.2 Å². The van der Waals surface area contributed by atoms with Crippen molar-refractivity contribution in [2.45, 2.75) is 24.9 Å². The van der Waals surface area contributed by atoms with Crippen molar-refractivity contribution >= 4 is 15.9 Å². The highest BCUT2D eigenvalue weighted by atomic mass is 32.2. The number of nitrogens with zero attached hydrogens (tertiary/aromatic N) is 2. The van der Waals surface area contributed by atoms with E-state index in [4.69, 9.17) is 4.74 Å². The molecule has 0 N–H and O–H groups in total.